The Morgan fingerprint density at radius 1 is 1.11 bits per heavy atom. The van der Waals surface area contributed by atoms with Gasteiger partial charge in [-0.2, -0.15) is 0 Å². The molecule has 1 aromatic rings. The van der Waals surface area contributed by atoms with Crippen LogP contribution < -0.4 is 9.47 Å². The lowest BCUT2D eigenvalue weighted by atomic mass is 9.82. The molecule has 0 aromatic heterocycles. The fraction of sp³-hybridized carbons (Fsp3) is 0.600. The highest BCUT2D eigenvalue weighted by Crippen LogP contribution is 2.36. The lowest BCUT2D eigenvalue weighted by Crippen LogP contribution is -2.19. The Kier molecular flexibility index (Phi) is 3.16. The van der Waals surface area contributed by atoms with Crippen molar-refractivity contribution in [3.63, 3.8) is 0 Å². The van der Waals surface area contributed by atoms with Crippen LogP contribution in [0.25, 0.3) is 0 Å². The first-order chi connectivity index (χ1) is 8.72. The maximum absolute atomic E-state index is 9.54. The van der Waals surface area contributed by atoms with Gasteiger partial charge in [0.05, 0.1) is 6.10 Å². The van der Waals surface area contributed by atoms with Gasteiger partial charge in [0.25, 0.3) is 0 Å². The highest BCUT2D eigenvalue weighted by Gasteiger charge is 2.22. The molecule has 1 aliphatic heterocycles. The SMILES string of the molecule is Cc1cc2c(cc1CC1CCC(O)CC1)OCO2. The minimum atomic E-state index is -0.0703. The maximum Gasteiger partial charge on any atom is 0.231 e. The van der Waals surface area contributed by atoms with E-state index in [-0.39, 0.29) is 6.10 Å². The van der Waals surface area contributed by atoms with Gasteiger partial charge in [0.1, 0.15) is 0 Å². The standard InChI is InChI=1S/C15H20O3/c1-10-6-14-15(18-9-17-14)8-12(10)7-11-2-4-13(16)5-3-11/h6,8,11,13,16H,2-5,7,9H2,1H3. The number of hydrogen-bond donors (Lipinski definition) is 1. The summed E-state index contributed by atoms with van der Waals surface area (Å²) in [6.45, 7) is 2.48. The van der Waals surface area contributed by atoms with Crippen molar-refractivity contribution in [2.24, 2.45) is 5.92 Å². The molecule has 0 amide bonds. The number of aliphatic hydroxyl groups excluding tert-OH is 1. The zero-order chi connectivity index (χ0) is 12.5. The fourth-order valence-corrected chi connectivity index (χ4v) is 2.97. The van der Waals surface area contributed by atoms with E-state index in [2.05, 4.69) is 19.1 Å². The van der Waals surface area contributed by atoms with Crippen LogP contribution in [-0.2, 0) is 6.42 Å². The van der Waals surface area contributed by atoms with Crippen molar-refractivity contribution in [2.75, 3.05) is 6.79 Å². The lowest BCUT2D eigenvalue weighted by Gasteiger charge is -2.25. The van der Waals surface area contributed by atoms with Crippen LogP contribution in [0.15, 0.2) is 12.1 Å². The third kappa shape index (κ3) is 2.32. The van der Waals surface area contributed by atoms with Crippen molar-refractivity contribution in [2.45, 2.75) is 45.1 Å². The van der Waals surface area contributed by atoms with Crippen molar-refractivity contribution in [1.29, 1.82) is 0 Å². The number of aliphatic hydroxyl groups is 1. The molecule has 0 spiro atoms. The van der Waals surface area contributed by atoms with Crippen molar-refractivity contribution in [3.05, 3.63) is 23.3 Å². The summed E-state index contributed by atoms with van der Waals surface area (Å²) in [7, 11) is 0. The van der Waals surface area contributed by atoms with Gasteiger partial charge < -0.3 is 14.6 Å². The largest absolute Gasteiger partial charge is 0.454 e. The van der Waals surface area contributed by atoms with Crippen LogP contribution in [0.5, 0.6) is 11.5 Å². The molecule has 1 saturated carbocycles. The summed E-state index contributed by atoms with van der Waals surface area (Å²) in [6.07, 6.45) is 5.20. The van der Waals surface area contributed by atoms with Crippen LogP contribution in [0.4, 0.5) is 0 Å². The van der Waals surface area contributed by atoms with Gasteiger partial charge in [0, 0.05) is 0 Å². The quantitative estimate of drug-likeness (QED) is 0.874. The van der Waals surface area contributed by atoms with E-state index < -0.39 is 0 Å². The van der Waals surface area contributed by atoms with E-state index in [0.717, 1.165) is 43.6 Å². The molecule has 1 fully saturated rings. The van der Waals surface area contributed by atoms with Crippen LogP contribution in [0, 0.1) is 12.8 Å². The molecule has 1 aliphatic carbocycles. The smallest absolute Gasteiger partial charge is 0.231 e. The summed E-state index contributed by atoms with van der Waals surface area (Å²) in [5.41, 5.74) is 2.64. The zero-order valence-corrected chi connectivity index (χ0v) is 10.8. The van der Waals surface area contributed by atoms with Gasteiger partial charge in [0.15, 0.2) is 11.5 Å². The minimum Gasteiger partial charge on any atom is -0.454 e. The third-order valence-corrected chi connectivity index (χ3v) is 4.16. The van der Waals surface area contributed by atoms with Crippen molar-refractivity contribution in [1.82, 2.24) is 0 Å². The van der Waals surface area contributed by atoms with Crippen LogP contribution in [0.2, 0.25) is 0 Å². The normalized spacial score (nSPS) is 26.3. The Bertz CT molecular complexity index is 434. The Balaban J connectivity index is 1.73. The second kappa shape index (κ2) is 4.81. The average molecular weight is 248 g/mol. The fourth-order valence-electron chi connectivity index (χ4n) is 2.97. The van der Waals surface area contributed by atoms with Gasteiger partial charge >= 0.3 is 0 Å². The molecule has 98 valence electrons. The summed E-state index contributed by atoms with van der Waals surface area (Å²) in [5.74, 6) is 2.45. The molecule has 0 atom stereocenters. The molecule has 1 aromatic carbocycles. The summed E-state index contributed by atoms with van der Waals surface area (Å²) < 4.78 is 10.8. The van der Waals surface area contributed by atoms with Crippen LogP contribution in [0.3, 0.4) is 0 Å². The van der Waals surface area contributed by atoms with Crippen molar-refractivity contribution in [3.8, 4) is 11.5 Å². The van der Waals surface area contributed by atoms with Crippen LogP contribution in [0.1, 0.15) is 36.8 Å². The second-order valence-electron chi connectivity index (χ2n) is 5.51. The summed E-state index contributed by atoms with van der Waals surface area (Å²) >= 11 is 0. The molecule has 2 aliphatic rings. The first kappa shape index (κ1) is 11.8. The predicted molar refractivity (Wildman–Crippen MR) is 69.0 cm³/mol. The van der Waals surface area contributed by atoms with Gasteiger partial charge in [-0.15, -0.1) is 0 Å². The molecular weight excluding hydrogens is 228 g/mol. The van der Waals surface area contributed by atoms with E-state index in [4.69, 9.17) is 9.47 Å². The van der Waals surface area contributed by atoms with Gasteiger partial charge in [-0.1, -0.05) is 0 Å². The molecule has 18 heavy (non-hydrogen) atoms. The molecule has 0 unspecified atom stereocenters. The number of ether oxygens (including phenoxy) is 2. The first-order valence-electron chi connectivity index (χ1n) is 6.79. The maximum atomic E-state index is 9.54. The van der Waals surface area contributed by atoms with Gasteiger partial charge in [-0.25, -0.2) is 0 Å². The number of benzene rings is 1. The summed E-state index contributed by atoms with van der Waals surface area (Å²) in [5, 5.41) is 9.54. The highest BCUT2D eigenvalue weighted by atomic mass is 16.7. The molecule has 0 saturated heterocycles. The molecule has 3 rings (SSSR count). The van der Waals surface area contributed by atoms with Crippen LogP contribution in [-0.4, -0.2) is 18.0 Å². The number of rotatable bonds is 2. The van der Waals surface area contributed by atoms with E-state index in [1.807, 2.05) is 0 Å². The molecule has 3 heteroatoms. The highest BCUT2D eigenvalue weighted by molar-refractivity contribution is 5.48. The third-order valence-electron chi connectivity index (χ3n) is 4.16. The van der Waals surface area contributed by atoms with Crippen LogP contribution >= 0.6 is 0 Å². The number of hydrogen-bond acceptors (Lipinski definition) is 3. The molecular formula is C15H20O3. The summed E-state index contributed by atoms with van der Waals surface area (Å²) in [4.78, 5) is 0. The van der Waals surface area contributed by atoms with Crippen molar-refractivity contribution >= 4 is 0 Å². The number of fused-ring (bicyclic) bond motifs is 1. The average Bonchev–Trinajstić information content (AvgIpc) is 2.79. The molecule has 0 radical (unpaired) electrons. The monoisotopic (exact) mass is 248 g/mol. The van der Waals surface area contributed by atoms with Gasteiger partial charge in [0.2, 0.25) is 6.79 Å². The predicted octanol–water partition coefficient (Wildman–Crippen LogP) is 2.82. The zero-order valence-electron chi connectivity index (χ0n) is 10.8. The van der Waals surface area contributed by atoms with E-state index in [1.165, 1.54) is 11.1 Å². The molecule has 0 bridgehead atoms. The van der Waals surface area contributed by atoms with Gasteiger partial charge in [-0.05, 0) is 68.2 Å². The minimum absolute atomic E-state index is 0.0703. The first-order valence-corrected chi connectivity index (χ1v) is 6.79. The molecule has 1 heterocycles. The topological polar surface area (TPSA) is 38.7 Å². The number of aryl methyl sites for hydroxylation is 1. The Labute approximate surface area is 108 Å². The second-order valence-corrected chi connectivity index (χ2v) is 5.51. The Morgan fingerprint density at radius 3 is 2.50 bits per heavy atom. The molecule has 1 N–H and O–H groups in total. The lowest BCUT2D eigenvalue weighted by molar-refractivity contribution is 0.108. The summed E-state index contributed by atoms with van der Waals surface area (Å²) in [6, 6.07) is 4.21. The van der Waals surface area contributed by atoms with Gasteiger partial charge in [-0.3, -0.25) is 0 Å². The van der Waals surface area contributed by atoms with E-state index in [0.29, 0.717) is 12.7 Å². The molecule has 3 nitrogen and oxygen atoms in total. The van der Waals surface area contributed by atoms with E-state index in [1.54, 1.807) is 0 Å². The van der Waals surface area contributed by atoms with E-state index >= 15 is 0 Å². The Hall–Kier alpha value is -1.22. The Morgan fingerprint density at radius 2 is 1.78 bits per heavy atom. The van der Waals surface area contributed by atoms with Crippen molar-refractivity contribution < 1.29 is 14.6 Å². The van der Waals surface area contributed by atoms with E-state index in [9.17, 15) is 5.11 Å².